The van der Waals surface area contributed by atoms with Gasteiger partial charge < -0.3 is 5.32 Å². The van der Waals surface area contributed by atoms with E-state index in [1.54, 1.807) is 0 Å². The molecule has 2 unspecified atom stereocenters. The van der Waals surface area contributed by atoms with Crippen molar-refractivity contribution in [1.82, 2.24) is 5.32 Å². The third-order valence-corrected chi connectivity index (χ3v) is 6.51. The minimum atomic E-state index is 0.389. The van der Waals surface area contributed by atoms with E-state index < -0.39 is 0 Å². The monoisotopic (exact) mass is 357 g/mol. The molecule has 0 amide bonds. The number of alkyl halides is 1. The van der Waals surface area contributed by atoms with Crippen molar-refractivity contribution < 1.29 is 0 Å². The van der Waals surface area contributed by atoms with Crippen LogP contribution in [0.1, 0.15) is 96.8 Å². The maximum Gasteiger partial charge on any atom is 0.0230 e. The van der Waals surface area contributed by atoms with Gasteiger partial charge in [0.05, 0.1) is 0 Å². The van der Waals surface area contributed by atoms with Gasteiger partial charge in [-0.05, 0) is 57.9 Å². The lowest BCUT2D eigenvalue weighted by Crippen LogP contribution is -2.36. The van der Waals surface area contributed by atoms with E-state index in [1.807, 2.05) is 0 Å². The van der Waals surface area contributed by atoms with E-state index in [9.17, 15) is 0 Å². The Morgan fingerprint density at radius 2 is 1.33 bits per heavy atom. The smallest absolute Gasteiger partial charge is 0.0230 e. The van der Waals surface area contributed by atoms with Crippen LogP contribution in [0.15, 0.2) is 0 Å². The molecular formula is C19H36BrN. The second-order valence-corrected chi connectivity index (χ2v) is 9.70. The SMILES string of the molecule is CC1(Br)CCCNC(C2CCCCCCCCC2)CCC1. The summed E-state index contributed by atoms with van der Waals surface area (Å²) in [5, 5.41) is 3.93. The van der Waals surface area contributed by atoms with Gasteiger partial charge in [0.15, 0.2) is 0 Å². The predicted octanol–water partition coefficient (Wildman–Crippen LogP) is 6.20. The normalized spacial score (nSPS) is 35.4. The van der Waals surface area contributed by atoms with Crippen molar-refractivity contribution in [2.24, 2.45) is 5.92 Å². The molecule has 124 valence electrons. The molecule has 0 spiro atoms. The largest absolute Gasteiger partial charge is 0.314 e. The molecule has 0 aromatic carbocycles. The topological polar surface area (TPSA) is 12.0 Å². The maximum atomic E-state index is 3.94. The van der Waals surface area contributed by atoms with Crippen LogP contribution in [-0.4, -0.2) is 16.9 Å². The molecule has 1 saturated heterocycles. The summed E-state index contributed by atoms with van der Waals surface area (Å²) in [7, 11) is 0. The van der Waals surface area contributed by atoms with Crippen LogP contribution in [0.25, 0.3) is 0 Å². The van der Waals surface area contributed by atoms with Crippen LogP contribution >= 0.6 is 15.9 Å². The van der Waals surface area contributed by atoms with Gasteiger partial charge in [-0.3, -0.25) is 0 Å². The number of hydrogen-bond donors (Lipinski definition) is 1. The fourth-order valence-electron chi connectivity index (χ4n) is 4.31. The van der Waals surface area contributed by atoms with E-state index in [0.717, 1.165) is 12.0 Å². The van der Waals surface area contributed by atoms with E-state index in [1.165, 1.54) is 96.4 Å². The Kier molecular flexibility index (Phi) is 8.09. The zero-order valence-electron chi connectivity index (χ0n) is 14.1. The van der Waals surface area contributed by atoms with Crippen LogP contribution in [0, 0.1) is 5.92 Å². The molecular weight excluding hydrogens is 322 g/mol. The Hall–Kier alpha value is 0.440. The van der Waals surface area contributed by atoms with Gasteiger partial charge in [0.25, 0.3) is 0 Å². The molecule has 1 N–H and O–H groups in total. The van der Waals surface area contributed by atoms with Crippen LogP contribution in [0.5, 0.6) is 0 Å². The van der Waals surface area contributed by atoms with E-state index in [4.69, 9.17) is 0 Å². The molecule has 0 radical (unpaired) electrons. The molecule has 2 fully saturated rings. The van der Waals surface area contributed by atoms with Crippen LogP contribution in [0.2, 0.25) is 0 Å². The van der Waals surface area contributed by atoms with E-state index in [-0.39, 0.29) is 0 Å². The second-order valence-electron chi connectivity index (χ2n) is 7.78. The van der Waals surface area contributed by atoms with E-state index >= 15 is 0 Å². The fraction of sp³-hybridized carbons (Fsp3) is 1.00. The van der Waals surface area contributed by atoms with Crippen LogP contribution in [0.4, 0.5) is 0 Å². The average molecular weight is 358 g/mol. The molecule has 0 aromatic heterocycles. The summed E-state index contributed by atoms with van der Waals surface area (Å²) in [5.41, 5.74) is 0. The molecule has 1 saturated carbocycles. The lowest BCUT2D eigenvalue weighted by molar-refractivity contribution is 0.278. The van der Waals surface area contributed by atoms with Gasteiger partial charge in [-0.2, -0.15) is 0 Å². The number of nitrogens with one attached hydrogen (secondary N) is 1. The Morgan fingerprint density at radius 3 is 2.00 bits per heavy atom. The van der Waals surface area contributed by atoms with Crippen molar-refractivity contribution in [3.8, 4) is 0 Å². The van der Waals surface area contributed by atoms with Gasteiger partial charge in [0.2, 0.25) is 0 Å². The predicted molar refractivity (Wildman–Crippen MR) is 97.3 cm³/mol. The summed E-state index contributed by atoms with van der Waals surface area (Å²) in [6, 6.07) is 0.797. The number of hydrogen-bond acceptors (Lipinski definition) is 1. The minimum Gasteiger partial charge on any atom is -0.314 e. The fourth-order valence-corrected chi connectivity index (χ4v) is 4.87. The standard InChI is InChI=1S/C19H36BrN/c1-19(20)14-9-13-18(21-16-10-15-19)17-11-7-5-3-2-4-6-8-12-17/h17-18,21H,2-16H2,1H3. The summed E-state index contributed by atoms with van der Waals surface area (Å²) >= 11 is 3.94. The van der Waals surface area contributed by atoms with Gasteiger partial charge >= 0.3 is 0 Å². The Morgan fingerprint density at radius 1 is 0.762 bits per heavy atom. The first-order chi connectivity index (χ1) is 10.2. The van der Waals surface area contributed by atoms with Crippen molar-refractivity contribution in [1.29, 1.82) is 0 Å². The molecule has 1 aliphatic heterocycles. The number of rotatable bonds is 1. The zero-order valence-corrected chi connectivity index (χ0v) is 15.7. The highest BCUT2D eigenvalue weighted by Crippen LogP contribution is 2.33. The van der Waals surface area contributed by atoms with Crippen LogP contribution < -0.4 is 5.32 Å². The zero-order chi connectivity index (χ0) is 15.0. The second kappa shape index (κ2) is 9.55. The molecule has 2 atom stereocenters. The van der Waals surface area contributed by atoms with Gasteiger partial charge in [0, 0.05) is 10.4 Å². The molecule has 1 nitrogen and oxygen atoms in total. The highest BCUT2D eigenvalue weighted by atomic mass is 79.9. The molecule has 1 aliphatic carbocycles. The molecule has 2 aliphatic rings. The summed E-state index contributed by atoms with van der Waals surface area (Å²) in [6.07, 6.45) is 20.0. The Labute approximate surface area is 141 Å². The highest BCUT2D eigenvalue weighted by molar-refractivity contribution is 9.10. The number of halogens is 1. The summed E-state index contributed by atoms with van der Waals surface area (Å²) in [6.45, 7) is 3.61. The maximum absolute atomic E-state index is 3.94. The quantitative estimate of drug-likeness (QED) is 0.550. The first-order valence-electron chi connectivity index (χ1n) is 9.60. The van der Waals surface area contributed by atoms with Gasteiger partial charge in [-0.15, -0.1) is 0 Å². The van der Waals surface area contributed by atoms with Crippen molar-refractivity contribution in [2.45, 2.75) is 107 Å². The van der Waals surface area contributed by atoms with Crippen LogP contribution in [-0.2, 0) is 0 Å². The molecule has 2 rings (SSSR count). The van der Waals surface area contributed by atoms with Crippen LogP contribution in [0.3, 0.4) is 0 Å². The third kappa shape index (κ3) is 7.03. The average Bonchev–Trinajstić information content (AvgIpc) is 2.55. The molecule has 0 aromatic rings. The lowest BCUT2D eigenvalue weighted by atomic mass is 9.84. The first-order valence-corrected chi connectivity index (χ1v) is 10.4. The van der Waals surface area contributed by atoms with Crippen molar-refractivity contribution >= 4 is 15.9 Å². The molecule has 21 heavy (non-hydrogen) atoms. The van der Waals surface area contributed by atoms with Gasteiger partial charge in [0.1, 0.15) is 0 Å². The lowest BCUT2D eigenvalue weighted by Gasteiger charge is -2.29. The van der Waals surface area contributed by atoms with E-state index in [0.29, 0.717) is 4.32 Å². The van der Waals surface area contributed by atoms with E-state index in [2.05, 4.69) is 28.2 Å². The summed E-state index contributed by atoms with van der Waals surface area (Å²) in [5.74, 6) is 0.947. The molecule has 1 heterocycles. The molecule has 2 heteroatoms. The van der Waals surface area contributed by atoms with Crippen molar-refractivity contribution in [2.75, 3.05) is 6.54 Å². The Balaban J connectivity index is 1.86. The molecule has 0 bridgehead atoms. The Bertz CT molecular complexity index is 267. The van der Waals surface area contributed by atoms with Crippen molar-refractivity contribution in [3.63, 3.8) is 0 Å². The van der Waals surface area contributed by atoms with Gasteiger partial charge in [-0.25, -0.2) is 0 Å². The highest BCUT2D eigenvalue weighted by Gasteiger charge is 2.25. The minimum absolute atomic E-state index is 0.389. The first kappa shape index (κ1) is 17.8. The summed E-state index contributed by atoms with van der Waals surface area (Å²) in [4.78, 5) is 0. The van der Waals surface area contributed by atoms with Gasteiger partial charge in [-0.1, -0.05) is 67.3 Å². The third-order valence-electron chi connectivity index (χ3n) is 5.71. The van der Waals surface area contributed by atoms with Crippen molar-refractivity contribution in [3.05, 3.63) is 0 Å². The summed E-state index contributed by atoms with van der Waals surface area (Å²) < 4.78 is 0.389.